The Labute approximate surface area is 82.1 Å². The van der Waals surface area contributed by atoms with Gasteiger partial charge < -0.3 is 10.1 Å². The number of anilines is 1. The summed E-state index contributed by atoms with van der Waals surface area (Å²) in [7, 11) is 0. The average Bonchev–Trinajstić information content (AvgIpc) is 2.53. The number of rotatable bonds is 2. The number of ether oxygens (including phenoxy) is 1. The molecule has 0 radical (unpaired) electrons. The molecule has 0 aromatic carbocycles. The zero-order chi connectivity index (χ0) is 9.10. The van der Waals surface area contributed by atoms with Crippen LogP contribution in [-0.2, 0) is 4.74 Å². The molecule has 13 heavy (non-hydrogen) atoms. The molecule has 0 aliphatic carbocycles. The summed E-state index contributed by atoms with van der Waals surface area (Å²) in [5, 5.41) is 4.41. The molecule has 3 nitrogen and oxygen atoms in total. The van der Waals surface area contributed by atoms with Crippen molar-refractivity contribution in [3.05, 3.63) is 11.1 Å². The Bertz CT molecular complexity index is 268. The zero-order valence-corrected chi connectivity index (χ0v) is 8.56. The molecule has 0 bridgehead atoms. The molecule has 1 saturated heterocycles. The van der Waals surface area contributed by atoms with Crippen molar-refractivity contribution in [1.29, 1.82) is 0 Å². The van der Waals surface area contributed by atoms with Gasteiger partial charge in [0.15, 0.2) is 5.13 Å². The molecule has 1 aromatic rings. The van der Waals surface area contributed by atoms with Crippen molar-refractivity contribution < 1.29 is 4.74 Å². The number of hydrogen-bond donors (Lipinski definition) is 1. The molecule has 0 unspecified atom stereocenters. The molecule has 2 heterocycles. The van der Waals surface area contributed by atoms with Crippen molar-refractivity contribution in [3.63, 3.8) is 0 Å². The van der Waals surface area contributed by atoms with Crippen LogP contribution >= 0.6 is 11.3 Å². The lowest BCUT2D eigenvalue weighted by Crippen LogP contribution is -2.29. The highest BCUT2D eigenvalue weighted by Gasteiger charge is 2.14. The molecule has 0 spiro atoms. The van der Waals surface area contributed by atoms with Crippen molar-refractivity contribution in [3.8, 4) is 0 Å². The molecule has 1 fully saturated rings. The van der Waals surface area contributed by atoms with E-state index in [-0.39, 0.29) is 0 Å². The van der Waals surface area contributed by atoms with Crippen LogP contribution in [0.2, 0.25) is 0 Å². The Morgan fingerprint density at radius 2 is 2.62 bits per heavy atom. The summed E-state index contributed by atoms with van der Waals surface area (Å²) in [6.07, 6.45) is 4.25. The lowest BCUT2D eigenvalue weighted by molar-refractivity contribution is 0.0876. The summed E-state index contributed by atoms with van der Waals surface area (Å²) in [5.41, 5.74) is 0. The van der Waals surface area contributed by atoms with E-state index in [9.17, 15) is 0 Å². The van der Waals surface area contributed by atoms with Crippen LogP contribution in [0.4, 0.5) is 5.13 Å². The summed E-state index contributed by atoms with van der Waals surface area (Å²) >= 11 is 1.70. The molecule has 0 amide bonds. The minimum atomic E-state index is 0.458. The fourth-order valence-electron chi connectivity index (χ4n) is 1.45. The Hall–Kier alpha value is -0.610. The van der Waals surface area contributed by atoms with E-state index >= 15 is 0 Å². The largest absolute Gasteiger partial charge is 0.379 e. The minimum Gasteiger partial charge on any atom is -0.379 e. The Morgan fingerprint density at radius 1 is 1.69 bits per heavy atom. The van der Waals surface area contributed by atoms with Crippen LogP contribution in [0.15, 0.2) is 6.20 Å². The molecule has 1 atom stereocenters. The van der Waals surface area contributed by atoms with Gasteiger partial charge in [0.1, 0.15) is 0 Å². The second-order valence-electron chi connectivity index (χ2n) is 3.33. The first kappa shape index (κ1) is 8.97. The van der Waals surface area contributed by atoms with Crippen LogP contribution in [0, 0.1) is 6.92 Å². The van der Waals surface area contributed by atoms with Crippen LogP contribution in [0.3, 0.4) is 0 Å². The first-order chi connectivity index (χ1) is 6.34. The number of thiazole rings is 1. The van der Waals surface area contributed by atoms with Gasteiger partial charge in [-0.05, 0) is 19.8 Å². The van der Waals surface area contributed by atoms with Crippen molar-refractivity contribution in [2.24, 2.45) is 0 Å². The van der Waals surface area contributed by atoms with Gasteiger partial charge in [0.05, 0.1) is 12.6 Å². The molecule has 0 saturated carbocycles. The van der Waals surface area contributed by atoms with Gasteiger partial charge in [-0.3, -0.25) is 0 Å². The monoisotopic (exact) mass is 198 g/mol. The molecule has 2 rings (SSSR count). The molecular formula is C9H14N2OS. The van der Waals surface area contributed by atoms with Crippen molar-refractivity contribution in [1.82, 2.24) is 4.98 Å². The number of nitrogens with zero attached hydrogens (tertiary/aromatic N) is 1. The number of hydrogen-bond acceptors (Lipinski definition) is 4. The average molecular weight is 198 g/mol. The predicted octanol–water partition coefficient (Wildman–Crippen LogP) is 2.04. The van der Waals surface area contributed by atoms with Crippen LogP contribution in [0.25, 0.3) is 0 Å². The molecule has 1 aliphatic rings. The summed E-state index contributed by atoms with van der Waals surface area (Å²) < 4.78 is 5.38. The molecule has 72 valence electrons. The normalized spacial score (nSPS) is 23.0. The van der Waals surface area contributed by atoms with Crippen molar-refractivity contribution in [2.75, 3.05) is 18.5 Å². The highest BCUT2D eigenvalue weighted by Crippen LogP contribution is 2.19. The lowest BCUT2D eigenvalue weighted by atomic mass is 10.1. The third-order valence-corrected chi connectivity index (χ3v) is 2.95. The summed E-state index contributed by atoms with van der Waals surface area (Å²) in [6, 6.07) is 0.458. The third-order valence-electron chi connectivity index (χ3n) is 2.11. The number of aromatic nitrogens is 1. The molecule has 1 N–H and O–H groups in total. The summed E-state index contributed by atoms with van der Waals surface area (Å²) in [5.74, 6) is 0. The maximum Gasteiger partial charge on any atom is 0.183 e. The topological polar surface area (TPSA) is 34.2 Å². The van der Waals surface area contributed by atoms with E-state index in [1.807, 2.05) is 6.20 Å². The fraction of sp³-hybridized carbons (Fsp3) is 0.667. The van der Waals surface area contributed by atoms with Crippen molar-refractivity contribution in [2.45, 2.75) is 25.8 Å². The van der Waals surface area contributed by atoms with Gasteiger partial charge >= 0.3 is 0 Å². The maximum absolute atomic E-state index is 5.38. The first-order valence-corrected chi connectivity index (χ1v) is 5.43. The molecule has 4 heteroatoms. The highest BCUT2D eigenvalue weighted by atomic mass is 32.1. The van der Waals surface area contributed by atoms with Crippen LogP contribution in [-0.4, -0.2) is 24.2 Å². The number of aryl methyl sites for hydroxylation is 1. The van der Waals surface area contributed by atoms with Gasteiger partial charge in [-0.1, -0.05) is 0 Å². The Balaban J connectivity index is 1.89. The molecule has 1 aliphatic heterocycles. The van der Waals surface area contributed by atoms with Gasteiger partial charge in [0.25, 0.3) is 0 Å². The summed E-state index contributed by atoms with van der Waals surface area (Å²) in [4.78, 5) is 5.51. The minimum absolute atomic E-state index is 0.458. The van der Waals surface area contributed by atoms with E-state index in [0.29, 0.717) is 6.04 Å². The van der Waals surface area contributed by atoms with E-state index in [1.54, 1.807) is 11.3 Å². The van der Waals surface area contributed by atoms with Crippen LogP contribution < -0.4 is 5.32 Å². The third kappa shape index (κ3) is 2.42. The van der Waals surface area contributed by atoms with Crippen LogP contribution in [0.1, 0.15) is 17.7 Å². The van der Waals surface area contributed by atoms with Gasteiger partial charge in [0.2, 0.25) is 0 Å². The van der Waals surface area contributed by atoms with E-state index in [0.717, 1.165) is 24.8 Å². The Morgan fingerprint density at radius 3 is 3.23 bits per heavy atom. The van der Waals surface area contributed by atoms with E-state index in [2.05, 4.69) is 17.2 Å². The maximum atomic E-state index is 5.38. The van der Waals surface area contributed by atoms with Crippen LogP contribution in [0.5, 0.6) is 0 Å². The van der Waals surface area contributed by atoms with Gasteiger partial charge in [-0.15, -0.1) is 11.3 Å². The second kappa shape index (κ2) is 4.07. The predicted molar refractivity (Wildman–Crippen MR) is 54.3 cm³/mol. The van der Waals surface area contributed by atoms with E-state index < -0.39 is 0 Å². The second-order valence-corrected chi connectivity index (χ2v) is 4.57. The van der Waals surface area contributed by atoms with E-state index in [1.165, 1.54) is 11.3 Å². The number of nitrogens with one attached hydrogen (secondary N) is 1. The van der Waals surface area contributed by atoms with Gasteiger partial charge in [-0.25, -0.2) is 4.98 Å². The van der Waals surface area contributed by atoms with Gasteiger partial charge in [0, 0.05) is 17.7 Å². The van der Waals surface area contributed by atoms with Gasteiger partial charge in [-0.2, -0.15) is 0 Å². The molecular weight excluding hydrogens is 184 g/mol. The fourth-order valence-corrected chi connectivity index (χ4v) is 2.19. The SMILES string of the molecule is Cc1cnc(N[C@@H]2CCCOC2)s1. The lowest BCUT2D eigenvalue weighted by Gasteiger charge is -2.22. The first-order valence-electron chi connectivity index (χ1n) is 4.61. The molecule has 1 aromatic heterocycles. The summed E-state index contributed by atoms with van der Waals surface area (Å²) in [6.45, 7) is 3.80. The Kier molecular flexibility index (Phi) is 2.80. The van der Waals surface area contributed by atoms with Crippen molar-refractivity contribution >= 4 is 16.5 Å². The van der Waals surface area contributed by atoms with E-state index in [4.69, 9.17) is 4.74 Å². The smallest absolute Gasteiger partial charge is 0.183 e. The quantitative estimate of drug-likeness (QED) is 0.789. The standard InChI is InChI=1S/C9H14N2OS/c1-7-5-10-9(13-7)11-8-3-2-4-12-6-8/h5,8H,2-4,6H2,1H3,(H,10,11)/t8-/m1/s1. The zero-order valence-electron chi connectivity index (χ0n) is 7.75. The highest BCUT2D eigenvalue weighted by molar-refractivity contribution is 7.15.